The van der Waals surface area contributed by atoms with Gasteiger partial charge in [-0.2, -0.15) is 0 Å². The maximum absolute atomic E-state index is 9.10. The Balaban J connectivity index is -0.0000000208. The average Bonchev–Trinajstić information content (AvgIpc) is 1.36. The molecule has 0 unspecified atom stereocenters. The second kappa shape index (κ2) is 15.7. The first-order chi connectivity index (χ1) is 2.64. The molecule has 10 heavy (non-hydrogen) atoms. The molecular weight excluding hydrogens is 148 g/mol. The van der Waals surface area contributed by atoms with Gasteiger partial charge in [-0.05, 0) is 0 Å². The van der Waals surface area contributed by atoms with Crippen molar-refractivity contribution in [2.24, 2.45) is 0 Å². The standard InChI is InChI=1S/C2H2O4.2H3N.2H2O/c3-1(4)2(5)6;;;;/h(H,3,4)(H,5,6);2*1H3;2*1H2. The van der Waals surface area contributed by atoms with E-state index in [1.165, 1.54) is 0 Å². The molecule has 8 nitrogen and oxygen atoms in total. The van der Waals surface area contributed by atoms with Crippen LogP contribution < -0.4 is 12.3 Å². The van der Waals surface area contributed by atoms with E-state index in [9.17, 15) is 0 Å². The van der Waals surface area contributed by atoms with E-state index in [2.05, 4.69) is 0 Å². The minimum absolute atomic E-state index is 0. The molecule has 0 aromatic carbocycles. The molecule has 0 aromatic heterocycles. The van der Waals surface area contributed by atoms with Crippen molar-refractivity contribution in [3.8, 4) is 0 Å². The van der Waals surface area contributed by atoms with Crippen molar-refractivity contribution in [2.75, 3.05) is 0 Å². The van der Waals surface area contributed by atoms with Crippen LogP contribution in [0.5, 0.6) is 0 Å². The maximum atomic E-state index is 9.10. The molecule has 66 valence electrons. The van der Waals surface area contributed by atoms with Crippen LogP contribution in [0.25, 0.3) is 0 Å². The van der Waals surface area contributed by atoms with Crippen LogP contribution >= 0.6 is 0 Å². The van der Waals surface area contributed by atoms with Crippen molar-refractivity contribution in [1.82, 2.24) is 12.3 Å². The van der Waals surface area contributed by atoms with Crippen LogP contribution in [0.4, 0.5) is 0 Å². The molecule has 0 spiro atoms. The van der Waals surface area contributed by atoms with Gasteiger partial charge in [0.2, 0.25) is 0 Å². The van der Waals surface area contributed by atoms with Crippen molar-refractivity contribution >= 4 is 11.9 Å². The van der Waals surface area contributed by atoms with Gasteiger partial charge in [-0.15, -0.1) is 0 Å². The van der Waals surface area contributed by atoms with Crippen LogP contribution in [0, 0.1) is 0 Å². The van der Waals surface area contributed by atoms with E-state index in [1.807, 2.05) is 0 Å². The summed E-state index contributed by atoms with van der Waals surface area (Å²) in [6.45, 7) is 0. The predicted molar refractivity (Wildman–Crippen MR) is 32.5 cm³/mol. The molecule has 0 aliphatic carbocycles. The highest BCUT2D eigenvalue weighted by Crippen LogP contribution is 1.56. The van der Waals surface area contributed by atoms with Gasteiger partial charge in [0.25, 0.3) is 0 Å². The summed E-state index contributed by atoms with van der Waals surface area (Å²) in [5, 5.41) is 14.8. The summed E-state index contributed by atoms with van der Waals surface area (Å²) in [5.74, 6) is -3.65. The van der Waals surface area contributed by atoms with E-state index < -0.39 is 11.9 Å². The average molecular weight is 160 g/mol. The molecule has 0 bridgehead atoms. The van der Waals surface area contributed by atoms with Crippen LogP contribution in [0.15, 0.2) is 0 Å². The Hall–Kier alpha value is -1.22. The lowest BCUT2D eigenvalue weighted by Crippen LogP contribution is -2.09. The summed E-state index contributed by atoms with van der Waals surface area (Å²) in [4.78, 5) is 18.2. The minimum Gasteiger partial charge on any atom is -0.473 e. The molecule has 0 saturated heterocycles. The summed E-state index contributed by atoms with van der Waals surface area (Å²) >= 11 is 0. The quantitative estimate of drug-likeness (QED) is 0.289. The number of aliphatic carboxylic acids is 2. The third-order valence-corrected chi connectivity index (χ3v) is 0.183. The first-order valence-corrected chi connectivity index (χ1v) is 1.11. The highest BCUT2D eigenvalue weighted by Gasteiger charge is 2.04. The number of hydrogen-bond donors (Lipinski definition) is 4. The zero-order valence-corrected chi connectivity index (χ0v) is 5.13. The maximum Gasteiger partial charge on any atom is 0.414 e. The largest absolute Gasteiger partial charge is 0.473 e. The van der Waals surface area contributed by atoms with Gasteiger partial charge in [0.1, 0.15) is 0 Å². The molecule has 0 fully saturated rings. The number of carboxylic acid groups (broad SMARTS) is 2. The van der Waals surface area contributed by atoms with Crippen molar-refractivity contribution in [1.29, 1.82) is 0 Å². The molecule has 0 saturated carbocycles. The number of hydrogen-bond acceptors (Lipinski definition) is 4. The van der Waals surface area contributed by atoms with Gasteiger partial charge in [0.05, 0.1) is 0 Å². The second-order valence-electron chi connectivity index (χ2n) is 0.610. The Morgan fingerprint density at radius 3 is 0.900 bits per heavy atom. The summed E-state index contributed by atoms with van der Waals surface area (Å²) in [7, 11) is 0. The van der Waals surface area contributed by atoms with Crippen molar-refractivity contribution < 1.29 is 30.8 Å². The molecule has 0 aliphatic rings. The van der Waals surface area contributed by atoms with E-state index >= 15 is 0 Å². The van der Waals surface area contributed by atoms with Gasteiger partial charge in [-0.25, -0.2) is 9.59 Å². The summed E-state index contributed by atoms with van der Waals surface area (Å²) in [5.41, 5.74) is 0. The third-order valence-electron chi connectivity index (χ3n) is 0.183. The van der Waals surface area contributed by atoms with Crippen LogP contribution in [0.2, 0.25) is 0 Å². The first kappa shape index (κ1) is 37.2. The van der Waals surface area contributed by atoms with E-state index in [-0.39, 0.29) is 23.3 Å². The van der Waals surface area contributed by atoms with Crippen LogP contribution in [-0.4, -0.2) is 33.1 Å². The zero-order valence-electron chi connectivity index (χ0n) is 5.13. The predicted octanol–water partition coefficient (Wildman–Crippen LogP) is -2.17. The molecular formula is C2H12N2O6. The van der Waals surface area contributed by atoms with E-state index in [0.717, 1.165) is 0 Å². The summed E-state index contributed by atoms with van der Waals surface area (Å²) < 4.78 is 0. The molecule has 0 rings (SSSR count). The minimum atomic E-state index is -1.82. The lowest BCUT2D eigenvalue weighted by Gasteiger charge is -1.72. The Bertz CT molecular complexity index is 79.7. The monoisotopic (exact) mass is 160 g/mol. The lowest BCUT2D eigenvalue weighted by atomic mass is 10.7. The molecule has 8 heteroatoms. The van der Waals surface area contributed by atoms with E-state index in [1.54, 1.807) is 0 Å². The fourth-order valence-electron chi connectivity index (χ4n) is 0. The SMILES string of the molecule is N.N.O.O.O=C(O)C(=O)O. The highest BCUT2D eigenvalue weighted by atomic mass is 16.4. The van der Waals surface area contributed by atoms with Gasteiger partial charge < -0.3 is 33.5 Å². The van der Waals surface area contributed by atoms with Gasteiger partial charge in [0, 0.05) is 0 Å². The Morgan fingerprint density at radius 2 is 0.900 bits per heavy atom. The van der Waals surface area contributed by atoms with Gasteiger partial charge in [0.15, 0.2) is 0 Å². The number of rotatable bonds is 0. The number of carbonyl (C=O) groups is 2. The zero-order chi connectivity index (χ0) is 5.15. The van der Waals surface area contributed by atoms with E-state index in [0.29, 0.717) is 0 Å². The summed E-state index contributed by atoms with van der Waals surface area (Å²) in [6.07, 6.45) is 0. The normalized spacial score (nSPS) is 4.40. The Labute approximate surface area is 56.2 Å². The number of carboxylic acids is 2. The molecule has 0 radical (unpaired) electrons. The van der Waals surface area contributed by atoms with Crippen molar-refractivity contribution in [2.45, 2.75) is 0 Å². The van der Waals surface area contributed by atoms with E-state index in [4.69, 9.17) is 19.8 Å². The fourth-order valence-corrected chi connectivity index (χ4v) is 0. The van der Waals surface area contributed by atoms with Crippen LogP contribution in [-0.2, 0) is 9.59 Å². The molecule has 0 aromatic rings. The fraction of sp³-hybridized carbons (Fsp3) is 0. The highest BCUT2D eigenvalue weighted by molar-refractivity contribution is 6.27. The lowest BCUT2D eigenvalue weighted by molar-refractivity contribution is -0.159. The topological polar surface area (TPSA) is 208 Å². The van der Waals surface area contributed by atoms with Crippen LogP contribution in [0.1, 0.15) is 0 Å². The first-order valence-electron chi connectivity index (χ1n) is 1.11. The summed E-state index contributed by atoms with van der Waals surface area (Å²) in [6, 6.07) is 0. The second-order valence-corrected chi connectivity index (χ2v) is 0.610. The van der Waals surface area contributed by atoms with Gasteiger partial charge >= 0.3 is 11.9 Å². The van der Waals surface area contributed by atoms with Gasteiger partial charge in [-0.3, -0.25) is 0 Å². The molecule has 0 aliphatic heterocycles. The molecule has 0 heterocycles. The molecule has 12 N–H and O–H groups in total. The smallest absolute Gasteiger partial charge is 0.414 e. The Kier molecular flexibility index (Phi) is 58.2. The van der Waals surface area contributed by atoms with Crippen molar-refractivity contribution in [3.05, 3.63) is 0 Å². The van der Waals surface area contributed by atoms with Gasteiger partial charge in [-0.1, -0.05) is 0 Å². The Morgan fingerprint density at radius 1 is 0.800 bits per heavy atom. The van der Waals surface area contributed by atoms with Crippen LogP contribution in [0.3, 0.4) is 0 Å². The molecule has 0 amide bonds. The third kappa shape index (κ3) is 29.3. The van der Waals surface area contributed by atoms with Crippen molar-refractivity contribution in [3.63, 3.8) is 0 Å². The molecule has 0 atom stereocenters.